The van der Waals surface area contributed by atoms with Crippen LogP contribution in [0.1, 0.15) is 0 Å². The fraction of sp³-hybridized carbons (Fsp3) is 0.312. The first kappa shape index (κ1) is 16.3. The average molecular weight is 348 g/mol. The first-order valence-corrected chi connectivity index (χ1v) is 7.97. The fourth-order valence-electron chi connectivity index (χ4n) is 2.48. The molecule has 1 N–H and O–H groups in total. The van der Waals surface area contributed by atoms with E-state index in [1.165, 1.54) is 0 Å². The van der Waals surface area contributed by atoms with E-state index in [0.29, 0.717) is 48.7 Å². The Kier molecular flexibility index (Phi) is 5.00. The average Bonchev–Trinajstić information content (AvgIpc) is 2.62. The summed E-state index contributed by atoms with van der Waals surface area (Å²) < 4.78 is 5.12. The van der Waals surface area contributed by atoms with Gasteiger partial charge in [0.25, 0.3) is 0 Å². The van der Waals surface area contributed by atoms with E-state index in [0.717, 1.165) is 0 Å². The van der Waals surface area contributed by atoms with E-state index < -0.39 is 0 Å². The molecule has 0 bridgehead atoms. The van der Waals surface area contributed by atoms with Crippen LogP contribution in [0.15, 0.2) is 36.5 Å². The van der Waals surface area contributed by atoms with Crippen LogP contribution in [-0.2, 0) is 0 Å². The number of halogens is 1. The van der Waals surface area contributed by atoms with E-state index in [2.05, 4.69) is 15.3 Å². The van der Waals surface area contributed by atoms with E-state index in [1.807, 2.05) is 11.0 Å². The maximum Gasteiger partial charge on any atom is 0.321 e. The summed E-state index contributed by atoms with van der Waals surface area (Å²) in [7, 11) is 1.57. The molecule has 8 heteroatoms. The van der Waals surface area contributed by atoms with Gasteiger partial charge in [-0.15, -0.1) is 0 Å². The minimum absolute atomic E-state index is 0.136. The summed E-state index contributed by atoms with van der Waals surface area (Å²) in [4.78, 5) is 24.7. The van der Waals surface area contributed by atoms with Crippen molar-refractivity contribution in [1.82, 2.24) is 14.9 Å². The molecule has 0 aliphatic carbocycles. The first-order chi connectivity index (χ1) is 11.7. The summed E-state index contributed by atoms with van der Waals surface area (Å²) in [6.45, 7) is 2.51. The number of aromatic nitrogens is 2. The number of carbonyl (C=O) groups excluding carboxylic acids is 1. The quantitative estimate of drug-likeness (QED) is 0.923. The molecule has 7 nitrogen and oxygen atoms in total. The molecule has 1 saturated heterocycles. The monoisotopic (exact) mass is 347 g/mol. The molecule has 3 rings (SSSR count). The highest BCUT2D eigenvalue weighted by Crippen LogP contribution is 2.17. The predicted molar refractivity (Wildman–Crippen MR) is 92.8 cm³/mol. The van der Waals surface area contributed by atoms with Crippen LogP contribution in [0.25, 0.3) is 0 Å². The molecule has 1 aliphatic heterocycles. The predicted octanol–water partition coefficient (Wildman–Crippen LogP) is 2.49. The molecular weight excluding hydrogens is 330 g/mol. The first-order valence-electron chi connectivity index (χ1n) is 7.59. The Morgan fingerprint density at radius 3 is 2.75 bits per heavy atom. The number of hydrogen-bond donors (Lipinski definition) is 1. The summed E-state index contributed by atoms with van der Waals surface area (Å²) in [6, 6.07) is 8.67. The Labute approximate surface area is 145 Å². The number of carbonyl (C=O) groups is 1. The van der Waals surface area contributed by atoms with Crippen LogP contribution in [0.4, 0.5) is 16.4 Å². The van der Waals surface area contributed by atoms with E-state index in [9.17, 15) is 4.79 Å². The second-order valence-electron chi connectivity index (χ2n) is 5.31. The molecule has 1 fully saturated rings. The van der Waals surface area contributed by atoms with Gasteiger partial charge in [-0.25, -0.2) is 9.78 Å². The molecule has 1 aliphatic rings. The maximum atomic E-state index is 12.3. The molecule has 1 aromatic heterocycles. The van der Waals surface area contributed by atoms with Crippen molar-refractivity contribution in [2.24, 2.45) is 0 Å². The molecule has 2 aromatic rings. The van der Waals surface area contributed by atoms with Crippen LogP contribution in [0.2, 0.25) is 5.02 Å². The third-order valence-electron chi connectivity index (χ3n) is 3.75. The molecule has 2 amide bonds. The van der Waals surface area contributed by atoms with E-state index in [1.54, 1.807) is 42.5 Å². The van der Waals surface area contributed by atoms with Crippen LogP contribution >= 0.6 is 11.6 Å². The largest absolute Gasteiger partial charge is 0.481 e. The number of hydrogen-bond acceptors (Lipinski definition) is 5. The van der Waals surface area contributed by atoms with Crippen LogP contribution < -0.4 is 15.0 Å². The van der Waals surface area contributed by atoms with E-state index in [-0.39, 0.29) is 6.03 Å². The SMILES string of the molecule is COc1ccnc(N2CCN(C(=O)Nc3cccc(Cl)c3)CC2)n1. The van der Waals surface area contributed by atoms with Gasteiger partial charge in [-0.05, 0) is 18.2 Å². The number of nitrogens with zero attached hydrogens (tertiary/aromatic N) is 4. The normalized spacial score (nSPS) is 14.4. The van der Waals surface area contributed by atoms with Crippen molar-refractivity contribution in [3.63, 3.8) is 0 Å². The van der Waals surface area contributed by atoms with Crippen LogP contribution in [-0.4, -0.2) is 54.2 Å². The van der Waals surface area contributed by atoms with Crippen molar-refractivity contribution >= 4 is 29.3 Å². The Morgan fingerprint density at radius 1 is 1.25 bits per heavy atom. The van der Waals surface area contributed by atoms with Gasteiger partial charge in [-0.1, -0.05) is 17.7 Å². The number of methoxy groups -OCH3 is 1. The standard InChI is InChI=1S/C16H18ClN5O2/c1-24-14-5-6-18-15(20-14)21-7-9-22(10-8-21)16(23)19-13-4-2-3-12(17)11-13/h2-6,11H,7-10H2,1H3,(H,19,23). The second kappa shape index (κ2) is 7.35. The van der Waals surface area contributed by atoms with Gasteiger partial charge in [-0.3, -0.25) is 0 Å². The Hall–Kier alpha value is -2.54. The lowest BCUT2D eigenvalue weighted by Crippen LogP contribution is -2.50. The zero-order valence-corrected chi connectivity index (χ0v) is 14.0. The van der Waals surface area contributed by atoms with Crippen molar-refractivity contribution in [2.75, 3.05) is 43.5 Å². The smallest absolute Gasteiger partial charge is 0.321 e. The molecule has 1 aromatic carbocycles. The molecule has 2 heterocycles. The van der Waals surface area contributed by atoms with Crippen molar-refractivity contribution in [2.45, 2.75) is 0 Å². The molecule has 0 unspecified atom stereocenters. The fourth-order valence-corrected chi connectivity index (χ4v) is 2.67. The molecule has 126 valence electrons. The van der Waals surface area contributed by atoms with Crippen LogP contribution in [0.3, 0.4) is 0 Å². The topological polar surface area (TPSA) is 70.6 Å². The minimum atomic E-state index is -0.136. The number of ether oxygens (including phenoxy) is 1. The summed E-state index contributed by atoms with van der Waals surface area (Å²) in [5.74, 6) is 1.14. The Balaban J connectivity index is 1.57. The zero-order valence-electron chi connectivity index (χ0n) is 13.3. The van der Waals surface area contributed by atoms with Gasteiger partial charge in [0.15, 0.2) is 0 Å². The minimum Gasteiger partial charge on any atom is -0.481 e. The number of amides is 2. The summed E-state index contributed by atoms with van der Waals surface area (Å²) >= 11 is 5.93. The van der Waals surface area contributed by atoms with Crippen molar-refractivity contribution in [3.05, 3.63) is 41.6 Å². The number of rotatable bonds is 3. The molecule has 0 atom stereocenters. The van der Waals surface area contributed by atoms with Gasteiger partial charge >= 0.3 is 6.03 Å². The third-order valence-corrected chi connectivity index (χ3v) is 3.99. The lowest BCUT2D eigenvalue weighted by Gasteiger charge is -2.34. The van der Waals surface area contributed by atoms with Crippen molar-refractivity contribution in [3.8, 4) is 5.88 Å². The number of anilines is 2. The van der Waals surface area contributed by atoms with Crippen molar-refractivity contribution in [1.29, 1.82) is 0 Å². The highest BCUT2D eigenvalue weighted by molar-refractivity contribution is 6.30. The zero-order chi connectivity index (χ0) is 16.9. The number of benzene rings is 1. The maximum absolute atomic E-state index is 12.3. The number of nitrogens with one attached hydrogen (secondary N) is 1. The summed E-state index contributed by atoms with van der Waals surface area (Å²) in [5, 5.41) is 3.45. The number of piperazine rings is 1. The van der Waals surface area contributed by atoms with E-state index in [4.69, 9.17) is 16.3 Å². The molecular formula is C16H18ClN5O2. The van der Waals surface area contributed by atoms with Crippen molar-refractivity contribution < 1.29 is 9.53 Å². The summed E-state index contributed by atoms with van der Waals surface area (Å²) in [6.07, 6.45) is 1.67. The highest BCUT2D eigenvalue weighted by atomic mass is 35.5. The van der Waals surface area contributed by atoms with Gasteiger partial charge in [0.2, 0.25) is 11.8 Å². The van der Waals surface area contributed by atoms with Crippen LogP contribution in [0, 0.1) is 0 Å². The van der Waals surface area contributed by atoms with Gasteiger partial charge in [-0.2, -0.15) is 4.98 Å². The molecule has 24 heavy (non-hydrogen) atoms. The highest BCUT2D eigenvalue weighted by Gasteiger charge is 2.22. The van der Waals surface area contributed by atoms with Gasteiger partial charge in [0.1, 0.15) is 0 Å². The van der Waals surface area contributed by atoms with E-state index >= 15 is 0 Å². The Morgan fingerprint density at radius 2 is 2.04 bits per heavy atom. The molecule has 0 spiro atoms. The lowest BCUT2D eigenvalue weighted by molar-refractivity contribution is 0.208. The van der Waals surface area contributed by atoms with Crippen LogP contribution in [0.5, 0.6) is 5.88 Å². The molecule has 0 saturated carbocycles. The van der Waals surface area contributed by atoms with Gasteiger partial charge in [0, 0.05) is 49.2 Å². The lowest BCUT2D eigenvalue weighted by atomic mass is 10.3. The Bertz CT molecular complexity index is 719. The molecule has 0 radical (unpaired) electrons. The van der Waals surface area contributed by atoms with Gasteiger partial charge in [0.05, 0.1) is 7.11 Å². The number of urea groups is 1. The second-order valence-corrected chi connectivity index (χ2v) is 5.75. The summed E-state index contributed by atoms with van der Waals surface area (Å²) in [5.41, 5.74) is 0.686. The third kappa shape index (κ3) is 3.86. The van der Waals surface area contributed by atoms with Gasteiger partial charge < -0.3 is 19.9 Å².